The molecule has 1 atom stereocenters. The van der Waals surface area contributed by atoms with Crippen LogP contribution in [0.15, 0.2) is 230 Å². The fraction of sp³-hybridized carbons (Fsp3) is 0.156. The van der Waals surface area contributed by atoms with E-state index in [1.54, 1.807) is 0 Å². The van der Waals surface area contributed by atoms with Crippen molar-refractivity contribution in [3.8, 4) is 44.8 Å². The van der Waals surface area contributed by atoms with Crippen LogP contribution in [0.3, 0.4) is 0 Å². The highest BCUT2D eigenvalue weighted by Gasteiger charge is 2.27. The number of nitrogens with zero attached hydrogens (tertiary/aromatic N) is 4. The van der Waals surface area contributed by atoms with E-state index in [0.29, 0.717) is 0 Å². The van der Waals surface area contributed by atoms with E-state index in [4.69, 9.17) is 9.97 Å². The Kier molecular flexibility index (Phi) is 12.0. The third-order valence-electron chi connectivity index (χ3n) is 13.2. The largest absolute Gasteiger partial charge is 0.334 e. The number of para-hydroxylation sites is 4. The molecule has 4 nitrogen and oxygen atoms in total. The van der Waals surface area contributed by atoms with Crippen LogP contribution < -0.4 is 9.80 Å². The highest BCUT2D eigenvalue weighted by atomic mass is 15.2. The molecule has 9 aromatic rings. The molecule has 68 heavy (non-hydrogen) atoms. The first-order valence-corrected chi connectivity index (χ1v) is 23.8. The van der Waals surface area contributed by atoms with Gasteiger partial charge in [0.25, 0.3) is 0 Å². The van der Waals surface area contributed by atoms with Gasteiger partial charge >= 0.3 is 0 Å². The van der Waals surface area contributed by atoms with Gasteiger partial charge in [-0.1, -0.05) is 199 Å². The second-order valence-electron chi connectivity index (χ2n) is 19.9. The van der Waals surface area contributed by atoms with Gasteiger partial charge in [0, 0.05) is 39.6 Å². The molecule has 334 valence electrons. The summed E-state index contributed by atoms with van der Waals surface area (Å²) in [4.78, 5) is 15.3. The van der Waals surface area contributed by atoms with Gasteiger partial charge in [0.2, 0.25) is 0 Å². The van der Waals surface area contributed by atoms with E-state index >= 15 is 0 Å². The monoisotopic (exact) mass is 882 g/mol. The van der Waals surface area contributed by atoms with Crippen LogP contribution in [0.1, 0.15) is 53.5 Å². The van der Waals surface area contributed by atoms with E-state index in [1.165, 1.54) is 28.1 Å². The first-order valence-electron chi connectivity index (χ1n) is 23.8. The maximum absolute atomic E-state index is 5.24. The summed E-state index contributed by atoms with van der Waals surface area (Å²) in [6, 6.07) is 74.0. The number of fused-ring (bicyclic) bond motifs is 1. The molecule has 0 spiro atoms. The van der Waals surface area contributed by atoms with Gasteiger partial charge in [0.15, 0.2) is 0 Å². The number of allylic oxidation sites excluding steroid dienone is 2. The second kappa shape index (κ2) is 18.5. The van der Waals surface area contributed by atoms with Crippen molar-refractivity contribution in [1.82, 2.24) is 9.97 Å². The second-order valence-corrected chi connectivity index (χ2v) is 19.9. The summed E-state index contributed by atoms with van der Waals surface area (Å²) in [5, 5.41) is 0. The standard InChI is InChI=1S/C64H58N4/c1-63(2,3)51-17-15-23-57(43-51)67(53-19-9-7-10-20-53)55-39-35-47(36-40-55)45-27-31-49(32-28-45)61-62(66-60-26-14-13-25-59(60)65-61)50-33-29-46(30-34-50)48-37-41-56(42-38-48)68(54-21-11-8-12-22-54)58-24-16-18-52(44-58)64(4,5)6/h7-43,58H,44H2,1-6H3. The van der Waals surface area contributed by atoms with Crippen LogP contribution in [-0.4, -0.2) is 16.0 Å². The molecule has 1 heterocycles. The average Bonchev–Trinajstić information content (AvgIpc) is 3.37. The van der Waals surface area contributed by atoms with Gasteiger partial charge in [-0.15, -0.1) is 0 Å². The maximum atomic E-state index is 5.24. The topological polar surface area (TPSA) is 32.3 Å². The minimum atomic E-state index is 0.0427. The summed E-state index contributed by atoms with van der Waals surface area (Å²) in [6.07, 6.45) is 7.84. The molecule has 1 aromatic heterocycles. The fourth-order valence-corrected chi connectivity index (χ4v) is 9.31. The van der Waals surface area contributed by atoms with Gasteiger partial charge in [0.05, 0.1) is 28.5 Å². The van der Waals surface area contributed by atoms with E-state index in [2.05, 4.69) is 252 Å². The molecule has 0 fully saturated rings. The zero-order chi connectivity index (χ0) is 46.8. The van der Waals surface area contributed by atoms with E-state index in [-0.39, 0.29) is 16.9 Å². The Balaban J connectivity index is 0.920. The molecular weight excluding hydrogens is 825 g/mol. The predicted molar refractivity (Wildman–Crippen MR) is 288 cm³/mol. The number of hydrogen-bond donors (Lipinski definition) is 0. The Hall–Kier alpha value is -7.82. The molecule has 4 heteroatoms. The summed E-state index contributed by atoms with van der Waals surface area (Å²) in [7, 11) is 0. The Bertz CT molecular complexity index is 3230. The summed E-state index contributed by atoms with van der Waals surface area (Å²) in [6.45, 7) is 13.7. The zero-order valence-corrected chi connectivity index (χ0v) is 39.9. The van der Waals surface area contributed by atoms with Crippen molar-refractivity contribution in [2.24, 2.45) is 5.41 Å². The summed E-state index contributed by atoms with van der Waals surface area (Å²) < 4.78 is 0. The molecule has 1 unspecified atom stereocenters. The zero-order valence-electron chi connectivity index (χ0n) is 39.9. The van der Waals surface area contributed by atoms with Crippen LogP contribution in [0.5, 0.6) is 0 Å². The van der Waals surface area contributed by atoms with E-state index < -0.39 is 0 Å². The molecule has 0 saturated carbocycles. The molecule has 10 rings (SSSR count). The number of hydrogen-bond acceptors (Lipinski definition) is 4. The summed E-state index contributed by atoms with van der Waals surface area (Å²) in [5.74, 6) is 0. The quantitative estimate of drug-likeness (QED) is 0.137. The maximum Gasteiger partial charge on any atom is 0.0973 e. The molecule has 0 bridgehead atoms. The van der Waals surface area contributed by atoms with Crippen molar-refractivity contribution in [2.75, 3.05) is 9.80 Å². The van der Waals surface area contributed by atoms with E-state index in [9.17, 15) is 0 Å². The van der Waals surface area contributed by atoms with Gasteiger partial charge in [0.1, 0.15) is 0 Å². The minimum Gasteiger partial charge on any atom is -0.334 e. The normalized spacial score (nSPS) is 13.9. The molecule has 0 amide bonds. The van der Waals surface area contributed by atoms with Crippen LogP contribution in [0.4, 0.5) is 28.4 Å². The molecule has 1 aliphatic carbocycles. The highest BCUT2D eigenvalue weighted by Crippen LogP contribution is 2.41. The van der Waals surface area contributed by atoms with E-state index in [1.807, 2.05) is 24.3 Å². The first-order chi connectivity index (χ1) is 33.0. The van der Waals surface area contributed by atoms with Crippen LogP contribution in [0, 0.1) is 5.41 Å². The average molecular weight is 883 g/mol. The first kappa shape index (κ1) is 44.0. The number of anilines is 5. The molecule has 0 N–H and O–H groups in total. The van der Waals surface area contributed by atoms with Crippen LogP contribution in [-0.2, 0) is 5.41 Å². The number of benzene rings is 8. The molecule has 1 aliphatic rings. The van der Waals surface area contributed by atoms with Crippen molar-refractivity contribution in [1.29, 1.82) is 0 Å². The Morgan fingerprint density at radius 2 is 0.809 bits per heavy atom. The van der Waals surface area contributed by atoms with Crippen LogP contribution in [0.2, 0.25) is 0 Å². The lowest BCUT2D eigenvalue weighted by molar-refractivity contribution is 0.471. The third kappa shape index (κ3) is 9.28. The molecule has 8 aromatic carbocycles. The van der Waals surface area contributed by atoms with Gasteiger partial charge in [-0.25, -0.2) is 9.97 Å². The summed E-state index contributed by atoms with van der Waals surface area (Å²) >= 11 is 0. The lowest BCUT2D eigenvalue weighted by Crippen LogP contribution is -2.32. The lowest BCUT2D eigenvalue weighted by atomic mass is 9.80. The van der Waals surface area contributed by atoms with Gasteiger partial charge in [-0.05, 0) is 118 Å². The van der Waals surface area contributed by atoms with Crippen molar-refractivity contribution >= 4 is 39.5 Å². The highest BCUT2D eigenvalue weighted by molar-refractivity contribution is 5.88. The van der Waals surface area contributed by atoms with Crippen molar-refractivity contribution in [3.05, 3.63) is 236 Å². The molecular formula is C64H58N4. The summed E-state index contributed by atoms with van der Waals surface area (Å²) in [5.41, 5.74) is 18.8. The number of rotatable bonds is 10. The third-order valence-corrected chi connectivity index (χ3v) is 13.2. The Labute approximate surface area is 402 Å². The predicted octanol–water partition coefficient (Wildman–Crippen LogP) is 17.5. The van der Waals surface area contributed by atoms with E-state index in [0.717, 1.165) is 73.7 Å². The smallest absolute Gasteiger partial charge is 0.0973 e. The van der Waals surface area contributed by atoms with Crippen molar-refractivity contribution in [3.63, 3.8) is 0 Å². The molecule has 0 radical (unpaired) electrons. The van der Waals surface area contributed by atoms with Gasteiger partial charge in [-0.3, -0.25) is 0 Å². The van der Waals surface area contributed by atoms with Crippen LogP contribution in [0.25, 0.3) is 55.8 Å². The molecule has 0 saturated heterocycles. The van der Waals surface area contributed by atoms with Gasteiger partial charge < -0.3 is 9.80 Å². The fourth-order valence-electron chi connectivity index (χ4n) is 9.31. The lowest BCUT2D eigenvalue weighted by Gasteiger charge is -2.37. The molecule has 0 aliphatic heterocycles. The SMILES string of the molecule is CC(C)(C)C1=CC=CC(N(c2ccccc2)c2ccc(-c3ccc(-c4nc5ccccc5nc4-c4ccc(-c5ccc(N(c6ccccc6)c6cccc(C(C)(C)C)c6)cc5)cc4)cc3)cc2)C1. The van der Waals surface area contributed by atoms with Crippen molar-refractivity contribution in [2.45, 2.75) is 59.4 Å². The van der Waals surface area contributed by atoms with Crippen LogP contribution >= 0.6 is 0 Å². The van der Waals surface area contributed by atoms with Gasteiger partial charge in [-0.2, -0.15) is 0 Å². The minimum absolute atomic E-state index is 0.0427. The Morgan fingerprint density at radius 3 is 1.31 bits per heavy atom. The number of aromatic nitrogens is 2. The van der Waals surface area contributed by atoms with Crippen molar-refractivity contribution < 1.29 is 0 Å². The Morgan fingerprint density at radius 1 is 0.397 bits per heavy atom.